The van der Waals surface area contributed by atoms with Gasteiger partial charge in [0, 0.05) is 37.4 Å². The molecule has 2 amide bonds. The first kappa shape index (κ1) is 27.5. The molecule has 36 heavy (non-hydrogen) atoms. The molecule has 1 heterocycles. The highest BCUT2D eigenvalue weighted by molar-refractivity contribution is 6.30. The quantitative estimate of drug-likeness (QED) is 0.454. The third-order valence-electron chi connectivity index (χ3n) is 6.48. The number of benzene rings is 2. The number of carbonyl (C=O) groups excluding carboxylic acids is 3. The molecule has 0 spiro atoms. The van der Waals surface area contributed by atoms with Gasteiger partial charge in [-0.1, -0.05) is 35.9 Å². The Morgan fingerprint density at radius 1 is 1.03 bits per heavy atom. The summed E-state index contributed by atoms with van der Waals surface area (Å²) in [4.78, 5) is 39.5. The molecule has 194 valence electrons. The molecule has 0 aromatic heterocycles. The van der Waals surface area contributed by atoms with Crippen LogP contribution in [0.25, 0.3) is 0 Å². The summed E-state index contributed by atoms with van der Waals surface area (Å²) in [6, 6.07) is 14.3. The molecular formula is C28H35ClN2O5. The summed E-state index contributed by atoms with van der Waals surface area (Å²) in [6.07, 6.45) is 3.34. The van der Waals surface area contributed by atoms with Gasteiger partial charge in [0.05, 0.1) is 13.7 Å². The van der Waals surface area contributed by atoms with Gasteiger partial charge in [-0.25, -0.2) is 4.79 Å². The molecule has 8 heteroatoms. The van der Waals surface area contributed by atoms with E-state index in [1.807, 2.05) is 48.2 Å². The van der Waals surface area contributed by atoms with Gasteiger partial charge in [0.25, 0.3) is 0 Å². The number of rotatable bonds is 11. The predicted molar refractivity (Wildman–Crippen MR) is 139 cm³/mol. The smallest absolute Gasteiger partial charge is 0.328 e. The van der Waals surface area contributed by atoms with E-state index in [4.69, 9.17) is 21.1 Å². The van der Waals surface area contributed by atoms with Crippen molar-refractivity contribution in [1.29, 1.82) is 0 Å². The minimum Gasteiger partial charge on any atom is -0.494 e. The molecule has 2 aromatic carbocycles. The maximum absolute atomic E-state index is 12.7. The molecule has 0 saturated carbocycles. The summed E-state index contributed by atoms with van der Waals surface area (Å²) in [5, 5.41) is 3.44. The van der Waals surface area contributed by atoms with Crippen molar-refractivity contribution < 1.29 is 23.9 Å². The number of nitrogens with one attached hydrogen (secondary N) is 1. The average molecular weight is 515 g/mol. The summed E-state index contributed by atoms with van der Waals surface area (Å²) in [5.41, 5.74) is 1.99. The Hall–Kier alpha value is -3.06. The zero-order valence-electron chi connectivity index (χ0n) is 21.0. The maximum atomic E-state index is 12.7. The summed E-state index contributed by atoms with van der Waals surface area (Å²) in [7, 11) is 1.31. The first-order valence-corrected chi connectivity index (χ1v) is 12.9. The SMILES string of the molecule is CCOc1ccc(CCC(=O)N2CCC(CC(=O)NC(Cc3ccc(Cl)cc3)C(=O)OC)CC2)cc1. The van der Waals surface area contributed by atoms with Crippen LogP contribution >= 0.6 is 11.6 Å². The fraction of sp³-hybridized carbons (Fsp3) is 0.464. The summed E-state index contributed by atoms with van der Waals surface area (Å²) >= 11 is 5.93. The van der Waals surface area contributed by atoms with Gasteiger partial charge in [0.1, 0.15) is 11.8 Å². The van der Waals surface area contributed by atoms with Crippen molar-refractivity contribution in [3.8, 4) is 5.75 Å². The van der Waals surface area contributed by atoms with Gasteiger partial charge in [-0.15, -0.1) is 0 Å². The number of aryl methyl sites for hydroxylation is 1. The van der Waals surface area contributed by atoms with Crippen LogP contribution in [0.1, 0.15) is 43.7 Å². The van der Waals surface area contributed by atoms with Crippen molar-refractivity contribution in [2.24, 2.45) is 5.92 Å². The van der Waals surface area contributed by atoms with Gasteiger partial charge < -0.3 is 19.7 Å². The minimum atomic E-state index is -0.757. The van der Waals surface area contributed by atoms with E-state index >= 15 is 0 Å². The van der Waals surface area contributed by atoms with Crippen LogP contribution in [0, 0.1) is 5.92 Å². The van der Waals surface area contributed by atoms with Gasteiger partial charge in [-0.05, 0) is 67.5 Å². The molecule has 1 aliphatic rings. The number of piperidine rings is 1. The predicted octanol–water partition coefficient (Wildman–Crippen LogP) is 4.20. The highest BCUT2D eigenvalue weighted by Gasteiger charge is 2.27. The summed E-state index contributed by atoms with van der Waals surface area (Å²) in [5.74, 6) is 0.488. The second kappa shape index (κ2) is 13.9. The van der Waals surface area contributed by atoms with Crippen LogP contribution in [0.2, 0.25) is 5.02 Å². The van der Waals surface area contributed by atoms with E-state index in [0.29, 0.717) is 50.4 Å². The lowest BCUT2D eigenvalue weighted by molar-refractivity contribution is -0.145. The second-order valence-electron chi connectivity index (χ2n) is 9.08. The van der Waals surface area contributed by atoms with E-state index in [9.17, 15) is 14.4 Å². The Bertz CT molecular complexity index is 1000. The molecule has 7 nitrogen and oxygen atoms in total. The maximum Gasteiger partial charge on any atom is 0.328 e. The molecule has 1 N–H and O–H groups in total. The van der Waals surface area contributed by atoms with E-state index in [-0.39, 0.29) is 17.7 Å². The highest BCUT2D eigenvalue weighted by atomic mass is 35.5. The van der Waals surface area contributed by atoms with E-state index in [1.165, 1.54) is 7.11 Å². The fourth-order valence-electron chi connectivity index (χ4n) is 4.42. The molecule has 2 aromatic rings. The zero-order valence-corrected chi connectivity index (χ0v) is 21.8. The lowest BCUT2D eigenvalue weighted by Gasteiger charge is -2.32. The fourth-order valence-corrected chi connectivity index (χ4v) is 4.55. The molecular weight excluding hydrogens is 480 g/mol. The van der Waals surface area contributed by atoms with Crippen LogP contribution in [-0.4, -0.2) is 55.5 Å². The number of amides is 2. The average Bonchev–Trinajstić information content (AvgIpc) is 2.89. The highest BCUT2D eigenvalue weighted by Crippen LogP contribution is 2.22. The zero-order chi connectivity index (χ0) is 25.9. The lowest BCUT2D eigenvalue weighted by Crippen LogP contribution is -2.44. The topological polar surface area (TPSA) is 84.9 Å². The van der Waals surface area contributed by atoms with Crippen LogP contribution in [0.5, 0.6) is 5.75 Å². The Labute approximate surface area is 218 Å². The van der Waals surface area contributed by atoms with Crippen LogP contribution in [0.15, 0.2) is 48.5 Å². The monoisotopic (exact) mass is 514 g/mol. The molecule has 1 aliphatic heterocycles. The standard InChI is InChI=1S/C28H35ClN2O5/c1-3-36-24-11-6-20(7-12-24)8-13-27(33)31-16-14-22(15-17-31)19-26(32)30-25(28(34)35-2)18-21-4-9-23(29)10-5-21/h4-7,9-12,22,25H,3,8,13-19H2,1-2H3,(H,30,32). The Kier molecular flexibility index (Phi) is 10.6. The first-order chi connectivity index (χ1) is 17.4. The van der Waals surface area contributed by atoms with E-state index in [0.717, 1.165) is 29.7 Å². The largest absolute Gasteiger partial charge is 0.494 e. The summed E-state index contributed by atoms with van der Waals surface area (Å²) < 4.78 is 10.3. The molecule has 3 rings (SSSR count). The van der Waals surface area contributed by atoms with Gasteiger partial charge in [-0.2, -0.15) is 0 Å². The number of hydrogen-bond acceptors (Lipinski definition) is 5. The van der Waals surface area contributed by atoms with Crippen molar-refractivity contribution >= 4 is 29.4 Å². The van der Waals surface area contributed by atoms with Gasteiger partial charge in [0.2, 0.25) is 11.8 Å². The van der Waals surface area contributed by atoms with E-state index in [2.05, 4.69) is 5.32 Å². The Balaban J connectivity index is 1.41. The molecule has 0 bridgehead atoms. The lowest BCUT2D eigenvalue weighted by atomic mass is 9.92. The third-order valence-corrected chi connectivity index (χ3v) is 6.73. The number of esters is 1. The second-order valence-corrected chi connectivity index (χ2v) is 9.52. The summed E-state index contributed by atoms with van der Waals surface area (Å²) in [6.45, 7) is 3.87. The van der Waals surface area contributed by atoms with Crippen LogP contribution in [0.3, 0.4) is 0 Å². The molecule has 1 fully saturated rings. The Morgan fingerprint density at radius 3 is 2.28 bits per heavy atom. The van der Waals surface area contributed by atoms with Crippen LogP contribution in [-0.2, 0) is 32.0 Å². The molecule has 1 unspecified atom stereocenters. The number of nitrogens with zero attached hydrogens (tertiary/aromatic N) is 1. The van der Waals surface area contributed by atoms with Crippen LogP contribution in [0.4, 0.5) is 0 Å². The van der Waals surface area contributed by atoms with Gasteiger partial charge in [0.15, 0.2) is 0 Å². The van der Waals surface area contributed by atoms with Crippen molar-refractivity contribution in [3.05, 3.63) is 64.7 Å². The number of likely N-dealkylation sites (tertiary alicyclic amines) is 1. The Morgan fingerprint density at radius 2 is 1.67 bits per heavy atom. The molecule has 1 saturated heterocycles. The van der Waals surface area contributed by atoms with Crippen molar-refractivity contribution in [1.82, 2.24) is 10.2 Å². The normalized spacial score (nSPS) is 14.7. The number of hydrogen-bond donors (Lipinski definition) is 1. The molecule has 1 atom stereocenters. The third kappa shape index (κ3) is 8.55. The van der Waals surface area contributed by atoms with Gasteiger partial charge in [-0.3, -0.25) is 9.59 Å². The molecule has 0 aliphatic carbocycles. The number of halogens is 1. The van der Waals surface area contributed by atoms with E-state index < -0.39 is 12.0 Å². The van der Waals surface area contributed by atoms with E-state index in [1.54, 1.807) is 12.1 Å². The number of ether oxygens (including phenoxy) is 2. The molecule has 0 radical (unpaired) electrons. The first-order valence-electron chi connectivity index (χ1n) is 12.5. The minimum absolute atomic E-state index is 0.139. The van der Waals surface area contributed by atoms with Gasteiger partial charge >= 0.3 is 5.97 Å². The van der Waals surface area contributed by atoms with Crippen molar-refractivity contribution in [2.45, 2.75) is 51.5 Å². The van der Waals surface area contributed by atoms with Crippen molar-refractivity contribution in [3.63, 3.8) is 0 Å². The van der Waals surface area contributed by atoms with Crippen molar-refractivity contribution in [2.75, 3.05) is 26.8 Å². The number of carbonyl (C=O) groups is 3. The number of methoxy groups -OCH3 is 1. The van der Waals surface area contributed by atoms with Crippen LogP contribution < -0.4 is 10.1 Å².